The lowest BCUT2D eigenvalue weighted by atomic mass is 9.99. The van der Waals surface area contributed by atoms with Crippen molar-refractivity contribution in [3.8, 4) is 0 Å². The van der Waals surface area contributed by atoms with Crippen molar-refractivity contribution >= 4 is 23.4 Å². The molecule has 7 heteroatoms. The lowest BCUT2D eigenvalue weighted by molar-refractivity contribution is -0.113. The predicted molar refractivity (Wildman–Crippen MR) is 97.6 cm³/mol. The van der Waals surface area contributed by atoms with Crippen molar-refractivity contribution in [2.24, 2.45) is 0 Å². The molecular formula is C17H24N4O2S. The molecule has 0 saturated heterocycles. The van der Waals surface area contributed by atoms with E-state index in [0.717, 1.165) is 18.5 Å². The Morgan fingerprint density at radius 2 is 2.04 bits per heavy atom. The number of anilines is 1. The number of hydrogen-bond acceptors (Lipinski definition) is 4. The number of benzene rings is 1. The summed E-state index contributed by atoms with van der Waals surface area (Å²) in [6, 6.07) is 7.93. The van der Waals surface area contributed by atoms with Crippen molar-refractivity contribution in [3.05, 3.63) is 40.3 Å². The number of aromatic nitrogens is 3. The van der Waals surface area contributed by atoms with E-state index in [1.165, 1.54) is 17.3 Å². The van der Waals surface area contributed by atoms with Gasteiger partial charge in [0.05, 0.1) is 5.75 Å². The molecule has 0 aliphatic carbocycles. The van der Waals surface area contributed by atoms with Crippen LogP contribution in [0.15, 0.2) is 34.2 Å². The quantitative estimate of drug-likeness (QED) is 0.718. The minimum absolute atomic E-state index is 0.116. The number of amides is 1. The summed E-state index contributed by atoms with van der Waals surface area (Å²) in [5.74, 6) is 0.608. The average Bonchev–Trinajstić information content (AvgIpc) is 2.93. The molecule has 6 nitrogen and oxygen atoms in total. The van der Waals surface area contributed by atoms with Gasteiger partial charge in [0, 0.05) is 12.2 Å². The van der Waals surface area contributed by atoms with Crippen LogP contribution < -0.4 is 11.0 Å². The van der Waals surface area contributed by atoms with Gasteiger partial charge in [-0.15, -0.1) is 5.10 Å². The van der Waals surface area contributed by atoms with E-state index in [1.807, 2.05) is 31.2 Å². The molecule has 0 radical (unpaired) electrons. The van der Waals surface area contributed by atoms with Crippen LogP contribution in [0.5, 0.6) is 0 Å². The van der Waals surface area contributed by atoms with Gasteiger partial charge in [-0.2, -0.15) is 0 Å². The summed E-state index contributed by atoms with van der Waals surface area (Å²) in [5.41, 5.74) is 1.81. The van der Waals surface area contributed by atoms with E-state index >= 15 is 0 Å². The highest BCUT2D eigenvalue weighted by atomic mass is 32.2. The number of hydrogen-bond donors (Lipinski definition) is 2. The van der Waals surface area contributed by atoms with Crippen molar-refractivity contribution in [1.29, 1.82) is 0 Å². The Kier molecular flexibility index (Phi) is 6.66. The van der Waals surface area contributed by atoms with Crippen molar-refractivity contribution < 1.29 is 4.79 Å². The number of nitrogens with zero attached hydrogens (tertiary/aromatic N) is 2. The van der Waals surface area contributed by atoms with Crippen LogP contribution in [0.25, 0.3) is 0 Å². The molecule has 130 valence electrons. The fourth-order valence-electron chi connectivity index (χ4n) is 2.29. The van der Waals surface area contributed by atoms with E-state index < -0.39 is 0 Å². The fraction of sp³-hybridized carbons (Fsp3) is 0.471. The largest absolute Gasteiger partial charge is 0.343 e. The summed E-state index contributed by atoms with van der Waals surface area (Å²) >= 11 is 1.26. The summed E-state index contributed by atoms with van der Waals surface area (Å²) in [5, 5.41) is 9.80. The Morgan fingerprint density at radius 1 is 1.33 bits per heavy atom. The van der Waals surface area contributed by atoms with Gasteiger partial charge in [-0.1, -0.05) is 44.7 Å². The van der Waals surface area contributed by atoms with E-state index in [-0.39, 0.29) is 17.3 Å². The summed E-state index contributed by atoms with van der Waals surface area (Å²) in [6.07, 6.45) is 1.92. The highest BCUT2D eigenvalue weighted by molar-refractivity contribution is 7.99. The first-order valence-electron chi connectivity index (χ1n) is 8.23. The van der Waals surface area contributed by atoms with Crippen LogP contribution in [-0.2, 0) is 11.3 Å². The number of thioether (sulfide) groups is 1. The Hall–Kier alpha value is -2.02. The van der Waals surface area contributed by atoms with E-state index in [0.29, 0.717) is 17.6 Å². The number of carbonyl (C=O) groups is 1. The summed E-state index contributed by atoms with van der Waals surface area (Å²) in [6.45, 7) is 6.93. The third kappa shape index (κ3) is 4.74. The number of rotatable bonds is 8. The van der Waals surface area contributed by atoms with Crippen molar-refractivity contribution in [3.63, 3.8) is 0 Å². The predicted octanol–water partition coefficient (Wildman–Crippen LogP) is 3.23. The highest BCUT2D eigenvalue weighted by Crippen LogP contribution is 2.21. The molecule has 2 aromatic rings. The first-order valence-corrected chi connectivity index (χ1v) is 9.21. The molecule has 0 aliphatic heterocycles. The van der Waals surface area contributed by atoms with E-state index in [1.54, 1.807) is 4.57 Å². The third-order valence-corrected chi connectivity index (χ3v) is 4.86. The maximum atomic E-state index is 12.1. The highest BCUT2D eigenvalue weighted by Gasteiger charge is 2.11. The smallest absolute Gasteiger partial charge is 0.325 e. The number of aromatic amines is 1. The van der Waals surface area contributed by atoms with Gasteiger partial charge in [0.15, 0.2) is 5.16 Å². The van der Waals surface area contributed by atoms with Crippen LogP contribution >= 0.6 is 11.8 Å². The number of nitrogens with one attached hydrogen (secondary N) is 2. The molecule has 2 N–H and O–H groups in total. The third-order valence-electron chi connectivity index (χ3n) is 3.88. The van der Waals surface area contributed by atoms with Crippen molar-refractivity contribution in [2.75, 3.05) is 11.1 Å². The average molecular weight is 348 g/mol. The number of H-pyrrole nitrogens is 1. The molecule has 0 spiro atoms. The molecule has 1 unspecified atom stereocenters. The van der Waals surface area contributed by atoms with Gasteiger partial charge >= 0.3 is 5.69 Å². The monoisotopic (exact) mass is 348 g/mol. The van der Waals surface area contributed by atoms with Crippen molar-refractivity contribution in [2.45, 2.75) is 51.2 Å². The van der Waals surface area contributed by atoms with Crippen LogP contribution in [0, 0.1) is 0 Å². The fourth-order valence-corrected chi connectivity index (χ4v) is 3.06. The first kappa shape index (κ1) is 18.3. The van der Waals surface area contributed by atoms with Gasteiger partial charge in [0.25, 0.3) is 0 Å². The molecule has 1 aromatic carbocycles. The second-order valence-electron chi connectivity index (χ2n) is 5.73. The summed E-state index contributed by atoms with van der Waals surface area (Å²) in [4.78, 5) is 23.7. The molecule has 0 bridgehead atoms. The summed E-state index contributed by atoms with van der Waals surface area (Å²) < 4.78 is 1.55. The maximum absolute atomic E-state index is 12.1. The Balaban J connectivity index is 1.91. The molecular weight excluding hydrogens is 324 g/mol. The Labute approximate surface area is 146 Å². The zero-order chi connectivity index (χ0) is 17.5. The van der Waals surface area contributed by atoms with Gasteiger partial charge in [-0.3, -0.25) is 9.36 Å². The second kappa shape index (κ2) is 8.73. The van der Waals surface area contributed by atoms with Crippen LogP contribution in [0.4, 0.5) is 5.69 Å². The Bertz CT molecular complexity index is 721. The van der Waals surface area contributed by atoms with Crippen LogP contribution in [0.2, 0.25) is 0 Å². The molecule has 2 rings (SSSR count). The van der Waals surface area contributed by atoms with Crippen LogP contribution in [0.3, 0.4) is 0 Å². The van der Waals surface area contributed by atoms with Crippen LogP contribution in [0.1, 0.15) is 45.1 Å². The van der Waals surface area contributed by atoms with E-state index in [4.69, 9.17) is 0 Å². The normalized spacial score (nSPS) is 12.1. The lowest BCUT2D eigenvalue weighted by Crippen LogP contribution is -2.18. The number of carbonyl (C=O) groups excluding carboxylic acids is 1. The first-order chi connectivity index (χ1) is 11.5. The topological polar surface area (TPSA) is 79.8 Å². The van der Waals surface area contributed by atoms with Gasteiger partial charge in [-0.05, 0) is 36.5 Å². The minimum Gasteiger partial charge on any atom is -0.325 e. The molecule has 0 aliphatic rings. The minimum atomic E-state index is -0.236. The molecule has 1 heterocycles. The van der Waals surface area contributed by atoms with Crippen LogP contribution in [-0.4, -0.2) is 26.4 Å². The molecule has 24 heavy (non-hydrogen) atoms. The van der Waals surface area contributed by atoms with E-state index in [2.05, 4.69) is 29.4 Å². The van der Waals surface area contributed by atoms with Crippen molar-refractivity contribution in [1.82, 2.24) is 14.8 Å². The standard InChI is InChI=1S/C17H24N4O2S/c1-4-10-21-16(23)19-20-17(21)24-11-15(22)18-14-8-6-13(7-9-14)12(3)5-2/h6-9,12H,4-5,10-11H2,1-3H3,(H,18,22)(H,19,23). The molecule has 0 saturated carbocycles. The maximum Gasteiger partial charge on any atom is 0.343 e. The molecule has 0 fully saturated rings. The zero-order valence-corrected chi connectivity index (χ0v) is 15.2. The van der Waals surface area contributed by atoms with Gasteiger partial charge < -0.3 is 5.32 Å². The van der Waals surface area contributed by atoms with Gasteiger partial charge in [0.1, 0.15) is 0 Å². The SMILES string of the molecule is CCCn1c(SCC(=O)Nc2ccc(C(C)CC)cc2)n[nH]c1=O. The Morgan fingerprint density at radius 3 is 2.67 bits per heavy atom. The molecule has 1 aromatic heterocycles. The molecule has 1 amide bonds. The molecule has 1 atom stereocenters. The van der Waals surface area contributed by atoms with E-state index in [9.17, 15) is 9.59 Å². The lowest BCUT2D eigenvalue weighted by Gasteiger charge is -2.10. The summed E-state index contributed by atoms with van der Waals surface area (Å²) in [7, 11) is 0. The van der Waals surface area contributed by atoms with Gasteiger partial charge in [-0.25, -0.2) is 9.89 Å². The zero-order valence-electron chi connectivity index (χ0n) is 14.3. The second-order valence-corrected chi connectivity index (χ2v) is 6.67. The van der Waals surface area contributed by atoms with Gasteiger partial charge in [0.2, 0.25) is 5.91 Å².